The van der Waals surface area contributed by atoms with Crippen LogP contribution >= 0.6 is 0 Å². The van der Waals surface area contributed by atoms with Crippen LogP contribution in [0.5, 0.6) is 0 Å². The van der Waals surface area contributed by atoms with Crippen LogP contribution in [0.2, 0.25) is 0 Å². The minimum atomic E-state index is 0.236. The van der Waals surface area contributed by atoms with Crippen molar-refractivity contribution in [3.8, 4) is 22.5 Å². The largest absolute Gasteiger partial charge is 0.377 e. The Kier molecular flexibility index (Phi) is 4.43. The van der Waals surface area contributed by atoms with Gasteiger partial charge in [0.15, 0.2) is 5.82 Å². The van der Waals surface area contributed by atoms with Crippen molar-refractivity contribution in [1.82, 2.24) is 24.7 Å². The number of aryl methyl sites for hydroxylation is 1. The van der Waals surface area contributed by atoms with Crippen LogP contribution in [0, 0.1) is 0 Å². The number of morpholine rings is 1. The molecule has 160 valence electrons. The number of aromatic nitrogens is 5. The quantitative estimate of drug-likeness (QED) is 0.465. The second-order valence-corrected chi connectivity index (χ2v) is 8.37. The molecule has 0 amide bonds. The molecule has 2 aromatic carbocycles. The van der Waals surface area contributed by atoms with Crippen LogP contribution in [0.4, 0.5) is 5.82 Å². The summed E-state index contributed by atoms with van der Waals surface area (Å²) in [4.78, 5) is 15.8. The standard InChI is InChI=1S/C25H24N6O/c1-16-15-32-11-10-31(16)25-21-12-17(18-13-27-30(2)14-18)6-7-23(21)28-24(29-25)20-4-3-5-22-19(20)8-9-26-22/h3-9,12-14,16,26H,10-11,15H2,1-2H3/t16-/m1/s1. The van der Waals surface area contributed by atoms with Crippen LogP contribution in [0.1, 0.15) is 6.92 Å². The lowest BCUT2D eigenvalue weighted by Crippen LogP contribution is -2.44. The number of anilines is 1. The van der Waals surface area contributed by atoms with Gasteiger partial charge in [-0.3, -0.25) is 4.68 Å². The third-order valence-corrected chi connectivity index (χ3v) is 6.19. The van der Waals surface area contributed by atoms with Crippen molar-refractivity contribution >= 4 is 27.6 Å². The zero-order chi connectivity index (χ0) is 21.7. The lowest BCUT2D eigenvalue weighted by atomic mass is 10.0. The maximum Gasteiger partial charge on any atom is 0.162 e. The minimum Gasteiger partial charge on any atom is -0.377 e. The molecule has 0 radical (unpaired) electrons. The average Bonchev–Trinajstić information content (AvgIpc) is 3.47. The molecule has 0 aliphatic carbocycles. The Labute approximate surface area is 185 Å². The number of aromatic amines is 1. The number of hydrogen-bond donors (Lipinski definition) is 1. The summed E-state index contributed by atoms with van der Waals surface area (Å²) in [6, 6.07) is 14.9. The smallest absolute Gasteiger partial charge is 0.162 e. The van der Waals surface area contributed by atoms with Gasteiger partial charge in [-0.05, 0) is 36.8 Å². The molecular weight excluding hydrogens is 400 g/mol. The van der Waals surface area contributed by atoms with Gasteiger partial charge in [-0.2, -0.15) is 5.10 Å². The molecule has 0 spiro atoms. The molecule has 7 nitrogen and oxygen atoms in total. The molecule has 0 bridgehead atoms. The maximum absolute atomic E-state index is 5.70. The molecule has 1 fully saturated rings. The highest BCUT2D eigenvalue weighted by Gasteiger charge is 2.24. The van der Waals surface area contributed by atoms with Crippen LogP contribution < -0.4 is 4.90 Å². The van der Waals surface area contributed by atoms with E-state index in [9.17, 15) is 0 Å². The van der Waals surface area contributed by atoms with Crippen molar-refractivity contribution < 1.29 is 4.74 Å². The minimum absolute atomic E-state index is 0.236. The van der Waals surface area contributed by atoms with Gasteiger partial charge in [0, 0.05) is 53.4 Å². The molecule has 0 saturated carbocycles. The van der Waals surface area contributed by atoms with Crippen LogP contribution in [0.15, 0.2) is 61.1 Å². The molecule has 1 aliphatic rings. The Morgan fingerprint density at radius 3 is 2.84 bits per heavy atom. The summed E-state index contributed by atoms with van der Waals surface area (Å²) >= 11 is 0. The van der Waals surface area contributed by atoms with Crippen LogP contribution in [0.3, 0.4) is 0 Å². The predicted octanol–water partition coefficient (Wildman–Crippen LogP) is 4.40. The van der Waals surface area contributed by atoms with Gasteiger partial charge in [0.2, 0.25) is 0 Å². The highest BCUT2D eigenvalue weighted by atomic mass is 16.5. The number of fused-ring (bicyclic) bond motifs is 2. The third-order valence-electron chi connectivity index (χ3n) is 6.19. The Morgan fingerprint density at radius 2 is 2.00 bits per heavy atom. The molecule has 1 saturated heterocycles. The molecular formula is C25H24N6O. The summed E-state index contributed by atoms with van der Waals surface area (Å²) < 4.78 is 7.52. The number of H-pyrrole nitrogens is 1. The fourth-order valence-electron chi connectivity index (χ4n) is 4.52. The molecule has 5 aromatic rings. The SMILES string of the molecule is C[C@@H]1COCCN1c1nc(-c2cccc3[nH]ccc23)nc2ccc(-c3cnn(C)c3)cc12. The highest BCUT2D eigenvalue weighted by molar-refractivity contribution is 5.98. The molecule has 4 heterocycles. The van der Waals surface area contributed by atoms with Crippen molar-refractivity contribution in [2.24, 2.45) is 7.05 Å². The first-order valence-electron chi connectivity index (χ1n) is 10.9. The number of benzene rings is 2. The summed E-state index contributed by atoms with van der Waals surface area (Å²) in [7, 11) is 1.93. The van der Waals surface area contributed by atoms with Crippen LogP contribution in [-0.4, -0.2) is 50.5 Å². The predicted molar refractivity (Wildman–Crippen MR) is 127 cm³/mol. The van der Waals surface area contributed by atoms with Gasteiger partial charge in [-0.25, -0.2) is 9.97 Å². The van der Waals surface area contributed by atoms with Gasteiger partial charge in [0.25, 0.3) is 0 Å². The van der Waals surface area contributed by atoms with Crippen LogP contribution in [-0.2, 0) is 11.8 Å². The number of nitrogens with one attached hydrogen (secondary N) is 1. The van der Waals surface area contributed by atoms with Crippen molar-refractivity contribution in [2.45, 2.75) is 13.0 Å². The highest BCUT2D eigenvalue weighted by Crippen LogP contribution is 2.34. The first-order chi connectivity index (χ1) is 15.7. The third kappa shape index (κ3) is 3.13. The number of ether oxygens (including phenoxy) is 1. The van der Waals surface area contributed by atoms with E-state index in [0.29, 0.717) is 13.2 Å². The van der Waals surface area contributed by atoms with Gasteiger partial charge in [-0.15, -0.1) is 0 Å². The Balaban J connectivity index is 1.59. The summed E-state index contributed by atoms with van der Waals surface area (Å²) in [5.74, 6) is 1.70. The molecule has 32 heavy (non-hydrogen) atoms. The lowest BCUT2D eigenvalue weighted by molar-refractivity contribution is 0.0987. The first kappa shape index (κ1) is 19.0. The van der Waals surface area contributed by atoms with Crippen molar-refractivity contribution in [3.63, 3.8) is 0 Å². The second-order valence-electron chi connectivity index (χ2n) is 8.37. The molecule has 3 aromatic heterocycles. The molecule has 1 atom stereocenters. The van der Waals surface area contributed by atoms with Gasteiger partial charge in [-0.1, -0.05) is 18.2 Å². The zero-order valence-corrected chi connectivity index (χ0v) is 18.1. The van der Waals surface area contributed by atoms with E-state index in [1.807, 2.05) is 36.4 Å². The van der Waals surface area contributed by atoms with Crippen molar-refractivity contribution in [3.05, 3.63) is 61.1 Å². The normalized spacial score (nSPS) is 16.8. The maximum atomic E-state index is 5.70. The first-order valence-corrected chi connectivity index (χ1v) is 10.9. The summed E-state index contributed by atoms with van der Waals surface area (Å²) in [5.41, 5.74) is 5.24. The Bertz CT molecular complexity index is 1440. The fraction of sp³-hybridized carbons (Fsp3) is 0.240. The van der Waals surface area contributed by atoms with Gasteiger partial charge in [0.05, 0.1) is 31.0 Å². The van der Waals surface area contributed by atoms with E-state index in [1.54, 1.807) is 0 Å². The fourth-order valence-corrected chi connectivity index (χ4v) is 4.52. The van der Waals surface area contributed by atoms with Crippen LogP contribution in [0.25, 0.3) is 44.3 Å². The van der Waals surface area contributed by atoms with E-state index in [1.165, 1.54) is 0 Å². The summed E-state index contributed by atoms with van der Waals surface area (Å²) in [5, 5.41) is 6.50. The van der Waals surface area contributed by atoms with Crippen molar-refractivity contribution in [1.29, 1.82) is 0 Å². The molecule has 7 heteroatoms. The molecule has 1 aliphatic heterocycles. The van der Waals surface area contributed by atoms with Gasteiger partial charge < -0.3 is 14.6 Å². The average molecular weight is 425 g/mol. The van der Waals surface area contributed by atoms with Gasteiger partial charge in [0.1, 0.15) is 5.82 Å². The van der Waals surface area contributed by atoms with E-state index in [4.69, 9.17) is 14.7 Å². The zero-order valence-electron chi connectivity index (χ0n) is 18.1. The van der Waals surface area contributed by atoms with E-state index in [-0.39, 0.29) is 6.04 Å². The van der Waals surface area contributed by atoms with Crippen molar-refractivity contribution in [2.75, 3.05) is 24.7 Å². The molecule has 0 unspecified atom stereocenters. The van der Waals surface area contributed by atoms with E-state index in [0.717, 1.165) is 56.7 Å². The van der Waals surface area contributed by atoms with E-state index in [2.05, 4.69) is 58.3 Å². The van der Waals surface area contributed by atoms with E-state index >= 15 is 0 Å². The van der Waals surface area contributed by atoms with Gasteiger partial charge >= 0.3 is 0 Å². The molecule has 6 rings (SSSR count). The monoisotopic (exact) mass is 424 g/mol. The number of hydrogen-bond acceptors (Lipinski definition) is 5. The Hall–Kier alpha value is -3.71. The van der Waals surface area contributed by atoms with E-state index < -0.39 is 0 Å². The lowest BCUT2D eigenvalue weighted by Gasteiger charge is -2.35. The topological polar surface area (TPSA) is 71.9 Å². The number of rotatable bonds is 3. The number of nitrogens with zero attached hydrogens (tertiary/aromatic N) is 5. The summed E-state index contributed by atoms with van der Waals surface area (Å²) in [6.07, 6.45) is 5.88. The summed E-state index contributed by atoms with van der Waals surface area (Å²) in [6.45, 7) is 4.38. The molecule has 1 N–H and O–H groups in total. The second kappa shape index (κ2) is 7.46. The Morgan fingerprint density at radius 1 is 1.06 bits per heavy atom.